The summed E-state index contributed by atoms with van der Waals surface area (Å²) >= 11 is 0. The Morgan fingerprint density at radius 2 is 2.00 bits per heavy atom. The van der Waals surface area contributed by atoms with E-state index in [9.17, 15) is 0 Å². The zero-order valence-corrected chi connectivity index (χ0v) is 11.2. The van der Waals surface area contributed by atoms with E-state index >= 15 is 0 Å². The van der Waals surface area contributed by atoms with E-state index in [4.69, 9.17) is 0 Å². The number of hydrogen-bond donors (Lipinski definition) is 2. The van der Waals surface area contributed by atoms with Gasteiger partial charge in [-0.05, 0) is 50.0 Å². The third-order valence-corrected chi connectivity index (χ3v) is 4.57. The molecule has 2 N–H and O–H groups in total. The first-order chi connectivity index (χ1) is 8.85. The van der Waals surface area contributed by atoms with E-state index in [0.717, 1.165) is 42.2 Å². The molecule has 0 amide bonds. The molecular weight excluding hydrogens is 222 g/mol. The smallest absolute Gasteiger partial charge is 0.0547 e. The lowest BCUT2D eigenvalue weighted by Crippen LogP contribution is -2.20. The minimum absolute atomic E-state index is 0.895. The van der Waals surface area contributed by atoms with Crippen molar-refractivity contribution in [2.45, 2.75) is 32.6 Å². The number of nitrogens with one attached hydrogen (secondary N) is 2. The van der Waals surface area contributed by atoms with Crippen molar-refractivity contribution in [3.05, 3.63) is 18.5 Å². The number of fused-ring (bicyclic) bond motifs is 2. The highest BCUT2D eigenvalue weighted by Gasteiger charge is 2.38. The highest BCUT2D eigenvalue weighted by molar-refractivity contribution is 5.53. The van der Waals surface area contributed by atoms with Gasteiger partial charge in [0.05, 0.1) is 23.8 Å². The third kappa shape index (κ3) is 2.45. The van der Waals surface area contributed by atoms with E-state index in [1.54, 1.807) is 0 Å². The van der Waals surface area contributed by atoms with Crippen molar-refractivity contribution < 1.29 is 0 Å². The summed E-state index contributed by atoms with van der Waals surface area (Å²) in [6.45, 7) is 4.17. The Morgan fingerprint density at radius 1 is 1.17 bits per heavy atom. The van der Waals surface area contributed by atoms with Crippen molar-refractivity contribution in [3.63, 3.8) is 0 Å². The second-order valence-electron chi connectivity index (χ2n) is 5.81. The van der Waals surface area contributed by atoms with Crippen molar-refractivity contribution >= 4 is 11.4 Å². The monoisotopic (exact) mass is 245 g/mol. The number of hydrogen-bond acceptors (Lipinski definition) is 3. The van der Waals surface area contributed by atoms with Crippen LogP contribution < -0.4 is 10.6 Å². The number of aromatic nitrogens is 1. The van der Waals surface area contributed by atoms with Gasteiger partial charge in [0.1, 0.15) is 0 Å². The molecular formula is C15H23N3. The van der Waals surface area contributed by atoms with Crippen LogP contribution in [0.2, 0.25) is 0 Å². The normalized spacial score (nSPS) is 29.5. The van der Waals surface area contributed by atoms with E-state index in [-0.39, 0.29) is 0 Å². The minimum atomic E-state index is 0.895. The van der Waals surface area contributed by atoms with Crippen LogP contribution in [0.4, 0.5) is 11.4 Å². The van der Waals surface area contributed by atoms with Crippen LogP contribution in [0.15, 0.2) is 18.5 Å². The summed E-state index contributed by atoms with van der Waals surface area (Å²) in [7, 11) is 0. The zero-order valence-electron chi connectivity index (χ0n) is 11.2. The van der Waals surface area contributed by atoms with Crippen LogP contribution in [0.25, 0.3) is 0 Å². The number of nitrogens with zero attached hydrogens (tertiary/aromatic N) is 1. The second kappa shape index (κ2) is 5.17. The van der Waals surface area contributed by atoms with Crippen molar-refractivity contribution in [1.29, 1.82) is 0 Å². The molecule has 2 saturated carbocycles. The van der Waals surface area contributed by atoms with E-state index in [1.807, 2.05) is 12.4 Å². The molecule has 1 heterocycles. The van der Waals surface area contributed by atoms with Crippen LogP contribution >= 0.6 is 0 Å². The van der Waals surface area contributed by atoms with Crippen LogP contribution in [-0.2, 0) is 0 Å². The van der Waals surface area contributed by atoms with Crippen LogP contribution in [0.3, 0.4) is 0 Å². The van der Waals surface area contributed by atoms with Gasteiger partial charge in [-0.1, -0.05) is 6.42 Å². The lowest BCUT2D eigenvalue weighted by Gasteiger charge is -2.22. The van der Waals surface area contributed by atoms with Gasteiger partial charge in [-0.2, -0.15) is 0 Å². The molecule has 2 aliphatic carbocycles. The molecule has 0 radical (unpaired) electrons. The van der Waals surface area contributed by atoms with Crippen molar-refractivity contribution in [2.75, 3.05) is 23.7 Å². The predicted molar refractivity (Wildman–Crippen MR) is 75.8 cm³/mol. The molecule has 0 spiro atoms. The molecule has 3 atom stereocenters. The largest absolute Gasteiger partial charge is 0.384 e. The standard InChI is InChI=1S/C15H23N3/c1-2-17-14-7-15(10-16-9-14)18-8-13-6-11-3-4-12(13)5-11/h7,9-13,17-18H,2-6,8H2,1H3. The molecule has 18 heavy (non-hydrogen) atoms. The lowest BCUT2D eigenvalue weighted by atomic mass is 9.89. The molecule has 3 rings (SSSR count). The molecule has 3 nitrogen and oxygen atoms in total. The minimum Gasteiger partial charge on any atom is -0.384 e. The molecule has 0 aliphatic heterocycles. The van der Waals surface area contributed by atoms with Crippen LogP contribution in [0, 0.1) is 17.8 Å². The summed E-state index contributed by atoms with van der Waals surface area (Å²) in [4.78, 5) is 4.27. The molecule has 3 heteroatoms. The van der Waals surface area contributed by atoms with Gasteiger partial charge in [0.25, 0.3) is 0 Å². The summed E-state index contributed by atoms with van der Waals surface area (Å²) in [5.74, 6) is 2.92. The maximum atomic E-state index is 4.27. The Morgan fingerprint density at radius 3 is 2.67 bits per heavy atom. The van der Waals surface area contributed by atoms with Gasteiger partial charge in [-0.15, -0.1) is 0 Å². The summed E-state index contributed by atoms with van der Waals surface area (Å²) in [6, 6.07) is 2.16. The first-order valence-corrected chi connectivity index (χ1v) is 7.28. The fraction of sp³-hybridized carbons (Fsp3) is 0.667. The van der Waals surface area contributed by atoms with E-state index in [1.165, 1.54) is 25.7 Å². The van der Waals surface area contributed by atoms with E-state index in [0.29, 0.717) is 0 Å². The number of anilines is 2. The Balaban J connectivity index is 1.55. The molecule has 2 aliphatic rings. The Labute approximate surface area is 109 Å². The molecule has 0 saturated heterocycles. The zero-order chi connectivity index (χ0) is 12.4. The molecule has 0 aromatic carbocycles. The average molecular weight is 245 g/mol. The third-order valence-electron chi connectivity index (χ3n) is 4.57. The summed E-state index contributed by atoms with van der Waals surface area (Å²) in [5.41, 5.74) is 2.26. The highest BCUT2D eigenvalue weighted by Crippen LogP contribution is 2.48. The Kier molecular flexibility index (Phi) is 3.39. The Bertz CT molecular complexity index is 404. The van der Waals surface area contributed by atoms with Gasteiger partial charge in [-0.3, -0.25) is 4.98 Å². The van der Waals surface area contributed by atoms with Gasteiger partial charge >= 0.3 is 0 Å². The van der Waals surface area contributed by atoms with Crippen molar-refractivity contribution in [3.8, 4) is 0 Å². The topological polar surface area (TPSA) is 37.0 Å². The van der Waals surface area contributed by atoms with Gasteiger partial charge < -0.3 is 10.6 Å². The maximum absolute atomic E-state index is 4.27. The first kappa shape index (κ1) is 11.8. The predicted octanol–water partition coefficient (Wildman–Crippen LogP) is 3.36. The first-order valence-electron chi connectivity index (χ1n) is 7.28. The average Bonchev–Trinajstić information content (AvgIpc) is 2.99. The van der Waals surface area contributed by atoms with E-state index < -0.39 is 0 Å². The molecule has 2 fully saturated rings. The fourth-order valence-corrected chi connectivity index (χ4v) is 3.71. The highest BCUT2D eigenvalue weighted by atomic mass is 14.9. The van der Waals surface area contributed by atoms with Gasteiger partial charge in [0.15, 0.2) is 0 Å². The second-order valence-corrected chi connectivity index (χ2v) is 5.81. The van der Waals surface area contributed by atoms with Crippen LogP contribution in [0.1, 0.15) is 32.6 Å². The van der Waals surface area contributed by atoms with Gasteiger partial charge in [0.2, 0.25) is 0 Å². The molecule has 1 aromatic heterocycles. The Hall–Kier alpha value is -1.25. The molecule has 2 bridgehead atoms. The van der Waals surface area contributed by atoms with Crippen molar-refractivity contribution in [2.24, 2.45) is 17.8 Å². The van der Waals surface area contributed by atoms with Crippen molar-refractivity contribution in [1.82, 2.24) is 4.98 Å². The number of pyridine rings is 1. The van der Waals surface area contributed by atoms with Crippen LogP contribution in [0.5, 0.6) is 0 Å². The summed E-state index contributed by atoms with van der Waals surface area (Å²) < 4.78 is 0. The van der Waals surface area contributed by atoms with E-state index in [2.05, 4.69) is 28.6 Å². The quantitative estimate of drug-likeness (QED) is 0.835. The lowest BCUT2D eigenvalue weighted by molar-refractivity contribution is 0.348. The molecule has 98 valence electrons. The fourth-order valence-electron chi connectivity index (χ4n) is 3.71. The summed E-state index contributed by atoms with van der Waals surface area (Å²) in [6.07, 6.45) is 9.69. The summed E-state index contributed by atoms with van der Waals surface area (Å²) in [5, 5.41) is 6.87. The number of rotatable bonds is 5. The SMILES string of the molecule is CCNc1cncc(NCC2CC3CCC2C3)c1. The van der Waals surface area contributed by atoms with Gasteiger partial charge in [0, 0.05) is 13.1 Å². The molecule has 1 aromatic rings. The maximum Gasteiger partial charge on any atom is 0.0547 e. The van der Waals surface area contributed by atoms with Crippen LogP contribution in [-0.4, -0.2) is 18.1 Å². The van der Waals surface area contributed by atoms with Gasteiger partial charge in [-0.25, -0.2) is 0 Å². The molecule has 3 unspecified atom stereocenters.